The molecule has 0 saturated carbocycles. The van der Waals surface area contributed by atoms with Crippen molar-refractivity contribution in [2.45, 2.75) is 6.54 Å². The third-order valence-electron chi connectivity index (χ3n) is 2.43. The second-order valence-corrected chi connectivity index (χ2v) is 6.72. The first kappa shape index (κ1) is 15.6. The Bertz CT molecular complexity index is 648. The highest BCUT2D eigenvalue weighted by Gasteiger charge is 2.16. The molecule has 0 fully saturated rings. The zero-order valence-electron chi connectivity index (χ0n) is 10.2. The maximum absolute atomic E-state index is 11.8. The van der Waals surface area contributed by atoms with Crippen molar-refractivity contribution in [2.24, 2.45) is 0 Å². The molecule has 0 aliphatic heterocycles. The maximum Gasteiger partial charge on any atom is 0.340 e. The van der Waals surface area contributed by atoms with E-state index in [2.05, 4.69) is 26.2 Å². The molecule has 0 spiro atoms. The first-order chi connectivity index (χ1) is 9.51. The van der Waals surface area contributed by atoms with Gasteiger partial charge in [0.1, 0.15) is 0 Å². The zero-order chi connectivity index (χ0) is 14.7. The minimum Gasteiger partial charge on any atom is -0.465 e. The molecule has 0 atom stereocenters. The van der Waals surface area contributed by atoms with Gasteiger partial charge in [-0.15, -0.1) is 11.3 Å². The number of nitrogens with zero attached hydrogens (tertiary/aromatic N) is 1. The average Bonchev–Trinajstić information content (AvgIpc) is 2.81. The molecule has 2 rings (SSSR count). The van der Waals surface area contributed by atoms with Gasteiger partial charge in [0.25, 0.3) is 0 Å². The number of halogens is 3. The first-order valence-electron chi connectivity index (χ1n) is 5.42. The molecule has 1 aromatic heterocycles. The van der Waals surface area contributed by atoms with Gasteiger partial charge in [-0.25, -0.2) is 9.78 Å². The van der Waals surface area contributed by atoms with Crippen molar-refractivity contribution < 1.29 is 9.53 Å². The Morgan fingerprint density at radius 3 is 2.85 bits per heavy atom. The number of ether oxygens (including phenoxy) is 1. The fraction of sp³-hybridized carbons (Fsp3) is 0.167. The summed E-state index contributed by atoms with van der Waals surface area (Å²) < 4.78 is 5.91. The number of rotatable bonds is 4. The monoisotopic (exact) mass is 394 g/mol. The Kier molecular flexibility index (Phi) is 5.26. The molecule has 0 aliphatic rings. The van der Waals surface area contributed by atoms with Gasteiger partial charge in [0.05, 0.1) is 24.9 Å². The van der Waals surface area contributed by atoms with Crippen molar-refractivity contribution in [1.82, 2.24) is 4.98 Å². The molecule has 8 heteroatoms. The lowest BCUT2D eigenvalue weighted by atomic mass is 10.1. The van der Waals surface area contributed by atoms with Crippen LogP contribution in [-0.4, -0.2) is 18.1 Å². The number of hydrogen-bond donors (Lipinski definition) is 1. The van der Waals surface area contributed by atoms with Crippen molar-refractivity contribution in [3.05, 3.63) is 42.7 Å². The number of anilines is 1. The first-order valence-corrected chi connectivity index (χ1v) is 7.79. The molecular weight excluding hydrogens is 387 g/mol. The van der Waals surface area contributed by atoms with Crippen LogP contribution in [-0.2, 0) is 11.3 Å². The maximum atomic E-state index is 11.8. The molecule has 4 nitrogen and oxygen atoms in total. The van der Waals surface area contributed by atoms with Crippen molar-refractivity contribution in [3.63, 3.8) is 0 Å². The van der Waals surface area contributed by atoms with Gasteiger partial charge in [0.2, 0.25) is 0 Å². The predicted molar refractivity (Wildman–Crippen MR) is 84.9 cm³/mol. The average molecular weight is 396 g/mol. The predicted octanol–water partition coefficient (Wildman–Crippen LogP) is 4.61. The number of aromatic nitrogens is 1. The molecule has 0 saturated heterocycles. The summed E-state index contributed by atoms with van der Waals surface area (Å²) in [5.74, 6) is -0.460. The molecule has 0 amide bonds. The van der Waals surface area contributed by atoms with Crippen LogP contribution in [0.1, 0.15) is 15.2 Å². The Labute approximate surface area is 138 Å². The van der Waals surface area contributed by atoms with Crippen LogP contribution in [0.15, 0.2) is 22.8 Å². The van der Waals surface area contributed by atoms with E-state index in [9.17, 15) is 4.79 Å². The lowest BCUT2D eigenvalue weighted by Crippen LogP contribution is -2.08. The molecule has 0 aliphatic carbocycles. The Morgan fingerprint density at radius 2 is 2.25 bits per heavy atom. The molecule has 106 valence electrons. The van der Waals surface area contributed by atoms with Crippen molar-refractivity contribution in [2.75, 3.05) is 12.4 Å². The number of nitrogens with one attached hydrogen (secondary N) is 1. The molecule has 2 aromatic rings. The quantitative estimate of drug-likeness (QED) is 0.768. The van der Waals surface area contributed by atoms with Gasteiger partial charge in [-0.1, -0.05) is 23.2 Å². The topological polar surface area (TPSA) is 51.2 Å². The Morgan fingerprint density at radius 1 is 1.50 bits per heavy atom. The lowest BCUT2D eigenvalue weighted by molar-refractivity contribution is 0.0601. The number of carbonyl (C=O) groups is 1. The number of methoxy groups -OCH3 is 1. The van der Waals surface area contributed by atoms with Gasteiger partial charge < -0.3 is 10.1 Å². The highest BCUT2D eigenvalue weighted by molar-refractivity contribution is 9.10. The molecule has 1 aromatic carbocycles. The van der Waals surface area contributed by atoms with Gasteiger partial charge in [-0.05, 0) is 28.1 Å². The third-order valence-corrected chi connectivity index (χ3v) is 4.38. The van der Waals surface area contributed by atoms with Gasteiger partial charge in [0.15, 0.2) is 4.47 Å². The van der Waals surface area contributed by atoms with Gasteiger partial charge in [-0.3, -0.25) is 0 Å². The summed E-state index contributed by atoms with van der Waals surface area (Å²) in [4.78, 5) is 16.7. The summed E-state index contributed by atoms with van der Waals surface area (Å²) in [6.07, 6.45) is 1.68. The largest absolute Gasteiger partial charge is 0.465 e. The fourth-order valence-corrected chi connectivity index (χ4v) is 3.43. The SMILES string of the molecule is COC(=O)c1cc(Cl)cc(Br)c1NCc1cnc(Cl)s1. The lowest BCUT2D eigenvalue weighted by Gasteiger charge is -2.12. The standard InChI is InChI=1S/C12H9BrCl2N2O2S/c1-19-11(18)8-2-6(14)3-9(13)10(8)16-4-7-5-17-12(15)20-7/h2-3,5,16H,4H2,1H3. The van der Waals surface area contributed by atoms with E-state index >= 15 is 0 Å². The van der Waals surface area contributed by atoms with Crippen LogP contribution in [0.2, 0.25) is 9.49 Å². The number of benzene rings is 1. The molecule has 0 radical (unpaired) electrons. The second kappa shape index (κ2) is 6.76. The second-order valence-electron chi connectivity index (χ2n) is 3.73. The summed E-state index contributed by atoms with van der Waals surface area (Å²) in [5.41, 5.74) is 0.980. The van der Waals surface area contributed by atoms with Gasteiger partial charge >= 0.3 is 5.97 Å². The van der Waals surface area contributed by atoms with Crippen LogP contribution in [0, 0.1) is 0 Å². The molecular formula is C12H9BrCl2N2O2S. The molecule has 0 bridgehead atoms. The molecule has 20 heavy (non-hydrogen) atoms. The van der Waals surface area contributed by atoms with E-state index in [1.807, 2.05) is 0 Å². The van der Waals surface area contributed by atoms with Crippen LogP contribution >= 0.6 is 50.5 Å². The molecule has 0 unspecified atom stereocenters. The zero-order valence-corrected chi connectivity index (χ0v) is 14.2. The van der Waals surface area contributed by atoms with Crippen molar-refractivity contribution in [3.8, 4) is 0 Å². The van der Waals surface area contributed by atoms with Crippen molar-refractivity contribution in [1.29, 1.82) is 0 Å². The number of hydrogen-bond acceptors (Lipinski definition) is 5. The molecule has 1 N–H and O–H groups in total. The van der Waals surface area contributed by atoms with Gasteiger partial charge in [-0.2, -0.15) is 0 Å². The van der Waals surface area contributed by atoms with E-state index in [0.29, 0.717) is 31.8 Å². The van der Waals surface area contributed by atoms with E-state index in [-0.39, 0.29) is 0 Å². The summed E-state index contributed by atoms with van der Waals surface area (Å²) >= 11 is 16.5. The third kappa shape index (κ3) is 3.63. The minimum absolute atomic E-state index is 0.363. The normalized spacial score (nSPS) is 10.4. The number of carbonyl (C=O) groups excluding carboxylic acids is 1. The van der Waals surface area contributed by atoms with Crippen LogP contribution in [0.25, 0.3) is 0 Å². The summed E-state index contributed by atoms with van der Waals surface area (Å²) in [6, 6.07) is 3.26. The van der Waals surface area contributed by atoms with E-state index in [1.165, 1.54) is 18.4 Å². The highest BCUT2D eigenvalue weighted by Crippen LogP contribution is 2.32. The summed E-state index contributed by atoms with van der Waals surface area (Å²) in [7, 11) is 1.32. The van der Waals surface area contributed by atoms with Gasteiger partial charge in [0, 0.05) is 20.6 Å². The number of thiazole rings is 1. The van der Waals surface area contributed by atoms with Crippen LogP contribution < -0.4 is 5.32 Å². The van der Waals surface area contributed by atoms with Crippen LogP contribution in [0.3, 0.4) is 0 Å². The molecule has 1 heterocycles. The van der Waals surface area contributed by atoms with Crippen molar-refractivity contribution >= 4 is 62.1 Å². The van der Waals surface area contributed by atoms with E-state index < -0.39 is 5.97 Å². The van der Waals surface area contributed by atoms with E-state index in [0.717, 1.165) is 4.88 Å². The minimum atomic E-state index is -0.460. The van der Waals surface area contributed by atoms with E-state index in [1.54, 1.807) is 18.3 Å². The Hall–Kier alpha value is -0.820. The fourth-order valence-electron chi connectivity index (χ4n) is 1.57. The smallest absolute Gasteiger partial charge is 0.340 e. The summed E-state index contributed by atoms with van der Waals surface area (Å²) in [6.45, 7) is 0.495. The Balaban J connectivity index is 2.27. The van der Waals surface area contributed by atoms with Crippen LogP contribution in [0.4, 0.5) is 5.69 Å². The van der Waals surface area contributed by atoms with E-state index in [4.69, 9.17) is 27.9 Å². The highest BCUT2D eigenvalue weighted by atomic mass is 79.9. The number of esters is 1. The summed E-state index contributed by atoms with van der Waals surface area (Å²) in [5, 5.41) is 3.61. The van der Waals surface area contributed by atoms with Crippen LogP contribution in [0.5, 0.6) is 0 Å².